The monoisotopic (exact) mass is 760 g/mol. The van der Waals surface area contributed by atoms with E-state index in [4.69, 9.17) is 37.3 Å². The van der Waals surface area contributed by atoms with E-state index in [-0.39, 0.29) is 0 Å². The Hall–Kier alpha value is -5.16. The molecule has 284 valence electrons. The molecule has 0 atom stereocenters. The van der Waals surface area contributed by atoms with Gasteiger partial charge in [0, 0.05) is 12.2 Å². The zero-order valence-electron chi connectivity index (χ0n) is 31.0. The zero-order chi connectivity index (χ0) is 38.9. The summed E-state index contributed by atoms with van der Waals surface area (Å²) >= 11 is 0. The number of halogens is 1. The van der Waals surface area contributed by atoms with Crippen LogP contribution in [0.5, 0.6) is 5.75 Å². The van der Waals surface area contributed by atoms with Crippen molar-refractivity contribution in [3.8, 4) is 5.75 Å². The number of ketones is 1. The van der Waals surface area contributed by atoms with Gasteiger partial charge in [-0.25, -0.2) is 18.6 Å². The summed E-state index contributed by atoms with van der Waals surface area (Å²) in [5.41, 5.74) is 8.91. The van der Waals surface area contributed by atoms with Gasteiger partial charge in [0.25, 0.3) is 6.61 Å². The van der Waals surface area contributed by atoms with Crippen molar-refractivity contribution < 1.29 is 47.5 Å². The molecule has 0 radical (unpaired) electrons. The Morgan fingerprint density at radius 1 is 0.509 bits per heavy atom. The average Bonchev–Trinajstić information content (AvgIpc) is 3.48. The molecule has 0 saturated carbocycles. The molecule has 0 aromatic heterocycles. The summed E-state index contributed by atoms with van der Waals surface area (Å²) in [4.78, 5) is 0. The van der Waals surface area contributed by atoms with E-state index >= 15 is 0 Å². The lowest BCUT2D eigenvalue weighted by Crippen LogP contribution is -2.68. The van der Waals surface area contributed by atoms with Crippen molar-refractivity contribution in [3.05, 3.63) is 208 Å². The van der Waals surface area contributed by atoms with E-state index in [2.05, 4.69) is 141 Å². The molecule has 8 nitrogen and oxygen atoms in total. The molecule has 55 heavy (non-hydrogen) atoms. The second kappa shape index (κ2) is 20.5. The highest BCUT2D eigenvalue weighted by Gasteiger charge is 2.38. The highest BCUT2D eigenvalue weighted by atomic mass is 35.7. The van der Waals surface area contributed by atoms with Gasteiger partial charge in [-0.1, -0.05) is 140 Å². The fraction of sp³-hybridized carbons (Fsp3) is 0.196. The fourth-order valence-corrected chi connectivity index (χ4v) is 6.64. The summed E-state index contributed by atoms with van der Waals surface area (Å²) in [6, 6.07) is 36.9. The second-order valence-electron chi connectivity index (χ2n) is 12.7. The molecular weight excluding hydrogens is 716 g/mol. The first-order chi connectivity index (χ1) is 26.7. The molecule has 0 amide bonds. The maximum absolute atomic E-state index is 8.49. The third-order valence-electron chi connectivity index (χ3n) is 8.93. The second-order valence-corrected chi connectivity index (χ2v) is 13.4. The molecule has 9 heteroatoms. The van der Waals surface area contributed by atoms with E-state index in [0.717, 1.165) is 28.2 Å². The van der Waals surface area contributed by atoms with Crippen LogP contribution in [0.25, 0.3) is 0 Å². The van der Waals surface area contributed by atoms with Crippen LogP contribution in [0.3, 0.4) is 0 Å². The highest BCUT2D eigenvalue weighted by molar-refractivity contribution is 6.01. The van der Waals surface area contributed by atoms with Crippen molar-refractivity contribution in [3.63, 3.8) is 0 Å². The Kier molecular flexibility index (Phi) is 15.3. The minimum atomic E-state index is -4.94. The maximum atomic E-state index is 8.49. The van der Waals surface area contributed by atoms with Gasteiger partial charge in [-0.15, -0.1) is 10.2 Å². The predicted octanol–water partition coefficient (Wildman–Crippen LogP) is 4.55. The maximum Gasteiger partial charge on any atom is 0.343 e. The smallest absolute Gasteiger partial charge is 0.343 e. The molecule has 4 aromatic carbocycles. The van der Waals surface area contributed by atoms with E-state index in [1.165, 1.54) is 27.8 Å². The first-order valence-electron chi connectivity index (χ1n) is 18.0. The molecule has 0 spiro atoms. The Morgan fingerprint density at radius 3 is 1.40 bits per heavy atom. The van der Waals surface area contributed by atoms with E-state index in [0.29, 0.717) is 39.6 Å². The van der Waals surface area contributed by atoms with E-state index in [9.17, 15) is 0 Å². The fourth-order valence-electron chi connectivity index (χ4n) is 6.64. The molecule has 0 aliphatic heterocycles. The van der Waals surface area contributed by atoms with Crippen LogP contribution < -0.4 is 23.4 Å². The minimum absolute atomic E-state index is 0.461. The van der Waals surface area contributed by atoms with Crippen LogP contribution in [-0.2, 0) is 19.3 Å². The number of allylic oxidation sites excluding steroid dienone is 12. The molecule has 0 N–H and O–H groups in total. The Morgan fingerprint density at radius 2 is 0.927 bits per heavy atom. The normalized spacial score (nSPS) is 13.7. The van der Waals surface area contributed by atoms with Gasteiger partial charge in [-0.3, -0.25) is 4.42 Å². The van der Waals surface area contributed by atoms with Gasteiger partial charge in [0.05, 0.1) is 25.2 Å². The number of hydrogen-bond acceptors (Lipinski definition) is 7. The van der Waals surface area contributed by atoms with Gasteiger partial charge < -0.3 is 14.2 Å². The van der Waals surface area contributed by atoms with Crippen molar-refractivity contribution in [1.29, 1.82) is 0 Å². The molecule has 4 aromatic rings. The Bertz CT molecular complexity index is 1880. The third kappa shape index (κ3) is 11.9. The largest absolute Gasteiger partial charge is 0.491 e. The van der Waals surface area contributed by atoms with Gasteiger partial charge in [0.15, 0.2) is 0 Å². The summed E-state index contributed by atoms with van der Waals surface area (Å²) in [7, 11) is -4.94. The molecule has 2 aliphatic rings. The Balaban J connectivity index is 0.00000109. The third-order valence-corrected chi connectivity index (χ3v) is 8.93. The summed E-state index contributed by atoms with van der Waals surface area (Å²) in [5, 5.41) is 0. The van der Waals surface area contributed by atoms with E-state index in [1.807, 2.05) is 36.5 Å². The number of aryl methyl sites for hydroxylation is 2. The topological polar surface area (TPSA) is 131 Å². The van der Waals surface area contributed by atoms with Crippen LogP contribution >= 0.6 is 0 Å². The van der Waals surface area contributed by atoms with Gasteiger partial charge in [0.1, 0.15) is 19.0 Å². The molecule has 2 aliphatic carbocycles. The van der Waals surface area contributed by atoms with Crippen molar-refractivity contribution in [2.24, 2.45) is 0 Å². The van der Waals surface area contributed by atoms with Gasteiger partial charge in [-0.05, 0) is 70.5 Å². The van der Waals surface area contributed by atoms with Crippen LogP contribution in [-0.4, -0.2) is 45.4 Å². The van der Waals surface area contributed by atoms with Gasteiger partial charge >= 0.3 is 5.78 Å². The molecule has 0 unspecified atom stereocenters. The standard InChI is InChI=1S/C46H45O4.ClHO4/c1-36-34-43(46(40-18-10-5-11-19-40,41-20-12-6-13-21-41)42-22-14-7-15-23-42)35-37(2)45(36)50-33-31-48-29-28-47-30-32-49-44-26-24-39(25-27-44)38-16-8-3-4-9-17-38;2-1(3,4)5/h3-27,34-35H,28-33H2,1-2H3;(H,2,3,4,5)/q+1;/p-1. The van der Waals surface area contributed by atoms with Crippen LogP contribution in [0, 0.1) is 24.1 Å². The molecular formula is C46H45ClO8. The van der Waals surface area contributed by atoms with E-state index < -0.39 is 15.7 Å². The molecule has 0 fully saturated rings. The van der Waals surface area contributed by atoms with Crippen molar-refractivity contribution in [2.45, 2.75) is 19.3 Å². The summed E-state index contributed by atoms with van der Waals surface area (Å²) in [6.07, 6.45) is 20.5. The minimum Gasteiger partial charge on any atom is -0.491 e. The lowest BCUT2D eigenvalue weighted by molar-refractivity contribution is -2.00. The van der Waals surface area contributed by atoms with Crippen molar-refractivity contribution in [2.75, 3.05) is 39.6 Å². The van der Waals surface area contributed by atoms with Crippen LogP contribution in [0.2, 0.25) is 0 Å². The molecule has 0 saturated heterocycles. The van der Waals surface area contributed by atoms with E-state index in [1.54, 1.807) is 0 Å². The number of carbonyl (C=O) groups excluding carboxylic acids is 1. The number of benzene rings is 4. The highest BCUT2D eigenvalue weighted by Crippen LogP contribution is 2.46. The van der Waals surface area contributed by atoms with Crippen molar-refractivity contribution >= 4 is 5.78 Å². The lowest BCUT2D eigenvalue weighted by Gasteiger charge is -2.37. The van der Waals surface area contributed by atoms with Crippen LogP contribution in [0.1, 0.15) is 33.4 Å². The predicted molar refractivity (Wildman–Crippen MR) is 204 cm³/mol. The van der Waals surface area contributed by atoms with Gasteiger partial charge in [0.2, 0.25) is 0 Å². The lowest BCUT2D eigenvalue weighted by atomic mass is 9.64. The number of hydrogen-bond donors (Lipinski definition) is 0. The molecule has 0 bridgehead atoms. The number of rotatable bonds is 14. The number of ether oxygens (including phenoxy) is 3. The summed E-state index contributed by atoms with van der Waals surface area (Å²) in [5.74, 6) is 1.73. The average molecular weight is 761 g/mol. The first kappa shape index (κ1) is 41.0. The SMILES string of the molecule is Cc1cc(C(c2ccccc2)(c2ccccc2)c2ccccc2)cc(C)c1OCCOCCOCC[O+]=C1C=CC(=C2C=CC=CC=C2)C=C1.[O-][Cl+3]([O-])([O-])[O-]. The quantitative estimate of drug-likeness (QED) is 0.105. The van der Waals surface area contributed by atoms with Gasteiger partial charge in [-0.2, -0.15) is 0 Å². The Labute approximate surface area is 325 Å². The van der Waals surface area contributed by atoms with Crippen molar-refractivity contribution in [1.82, 2.24) is 0 Å². The first-order valence-corrected chi connectivity index (χ1v) is 19.2. The zero-order valence-corrected chi connectivity index (χ0v) is 31.7. The summed E-state index contributed by atoms with van der Waals surface area (Å²) < 4.78 is 57.7. The van der Waals surface area contributed by atoms with Crippen LogP contribution in [0.4, 0.5) is 0 Å². The molecule has 0 heterocycles. The summed E-state index contributed by atoms with van der Waals surface area (Å²) in [6.45, 7) is 7.18. The van der Waals surface area contributed by atoms with Crippen LogP contribution in [0.15, 0.2) is 175 Å². The molecule has 6 rings (SSSR count).